The van der Waals surface area contributed by atoms with Crippen LogP contribution < -0.4 is 15.4 Å². The number of anilines is 3. The Bertz CT molecular complexity index is 1600. The molecule has 0 unspecified atom stereocenters. The van der Waals surface area contributed by atoms with Crippen molar-refractivity contribution in [2.45, 2.75) is 37.0 Å². The number of alkyl halides is 3. The number of nitrogens with one attached hydrogen (secondary N) is 1. The average molecular weight is 605 g/mol. The number of imide groups is 1. The molecular formula is C25H22ClF5N4O4S. The maximum absolute atomic E-state index is 14.2. The minimum Gasteiger partial charge on any atom is -0.355 e. The van der Waals surface area contributed by atoms with Crippen LogP contribution in [0.25, 0.3) is 0 Å². The quantitative estimate of drug-likeness (QED) is 0.283. The minimum absolute atomic E-state index is 0. The van der Waals surface area contributed by atoms with Gasteiger partial charge in [0.25, 0.3) is 5.91 Å². The van der Waals surface area contributed by atoms with Gasteiger partial charge in [-0.25, -0.2) is 32.0 Å². The van der Waals surface area contributed by atoms with E-state index in [-0.39, 0.29) is 35.2 Å². The number of benzene rings is 3. The highest BCUT2D eigenvalue weighted by Crippen LogP contribution is 2.38. The predicted molar refractivity (Wildman–Crippen MR) is 139 cm³/mol. The van der Waals surface area contributed by atoms with E-state index in [0.29, 0.717) is 22.6 Å². The molecule has 3 N–H and O–H groups in total. The van der Waals surface area contributed by atoms with Gasteiger partial charge in [0.05, 0.1) is 22.7 Å². The van der Waals surface area contributed by atoms with E-state index in [1.807, 2.05) is 0 Å². The molecule has 15 heteroatoms. The van der Waals surface area contributed by atoms with Gasteiger partial charge in [0.1, 0.15) is 17.2 Å². The van der Waals surface area contributed by atoms with Crippen molar-refractivity contribution in [3.05, 3.63) is 83.4 Å². The van der Waals surface area contributed by atoms with Crippen molar-refractivity contribution in [1.82, 2.24) is 4.90 Å². The van der Waals surface area contributed by atoms with Gasteiger partial charge in [-0.05, 0) is 67.9 Å². The molecule has 0 saturated carbocycles. The Hall–Kier alpha value is -3.75. The van der Waals surface area contributed by atoms with E-state index >= 15 is 0 Å². The lowest BCUT2D eigenvalue weighted by atomic mass is 10.0. The van der Waals surface area contributed by atoms with Crippen LogP contribution in [0.2, 0.25) is 0 Å². The van der Waals surface area contributed by atoms with Crippen molar-refractivity contribution < 1.29 is 40.0 Å². The molecule has 1 saturated heterocycles. The molecule has 0 aliphatic carbocycles. The summed E-state index contributed by atoms with van der Waals surface area (Å²) in [6.45, 7) is 2.47. The standard InChI is InChI=1S/C25H21F5N4O4S.ClH/c1-24(2)22(35)34(17-8-9-20(27)19(12-17)25(28,29)30)23(36)33(24)13-14-6-7-15(26)10-21(14)32-16-4-3-5-18(11-16)39(31,37)38;/h3-12,32H,13H2,1-2H3,(H2,31,37,38);1H. The van der Waals surface area contributed by atoms with E-state index < -0.39 is 56.6 Å². The van der Waals surface area contributed by atoms with Crippen molar-refractivity contribution in [2.24, 2.45) is 5.14 Å². The molecule has 0 radical (unpaired) electrons. The number of hydrogen-bond acceptors (Lipinski definition) is 5. The van der Waals surface area contributed by atoms with Gasteiger partial charge in [0.2, 0.25) is 10.0 Å². The third-order valence-electron chi connectivity index (χ3n) is 6.18. The molecular weight excluding hydrogens is 583 g/mol. The Morgan fingerprint density at radius 1 is 0.975 bits per heavy atom. The molecule has 3 aromatic carbocycles. The second-order valence-corrected chi connectivity index (χ2v) is 10.8. The number of urea groups is 1. The van der Waals surface area contributed by atoms with Crippen molar-refractivity contribution in [3.63, 3.8) is 0 Å². The molecule has 0 spiro atoms. The monoisotopic (exact) mass is 604 g/mol. The van der Waals surface area contributed by atoms with Crippen LogP contribution in [0.15, 0.2) is 65.6 Å². The first-order valence-corrected chi connectivity index (χ1v) is 12.8. The molecule has 1 fully saturated rings. The molecule has 0 atom stereocenters. The number of amides is 3. The van der Waals surface area contributed by atoms with Gasteiger partial charge in [0.15, 0.2) is 0 Å². The molecule has 3 aromatic rings. The highest BCUT2D eigenvalue weighted by molar-refractivity contribution is 7.89. The zero-order valence-electron chi connectivity index (χ0n) is 20.8. The van der Waals surface area contributed by atoms with Crippen molar-refractivity contribution in [3.8, 4) is 0 Å². The van der Waals surface area contributed by atoms with Crippen LogP contribution in [0, 0.1) is 11.6 Å². The van der Waals surface area contributed by atoms with Gasteiger partial charge >= 0.3 is 12.2 Å². The molecule has 214 valence electrons. The lowest BCUT2D eigenvalue weighted by molar-refractivity contribution is -0.140. The zero-order valence-corrected chi connectivity index (χ0v) is 22.4. The second kappa shape index (κ2) is 10.7. The first-order chi connectivity index (χ1) is 18.0. The first kappa shape index (κ1) is 30.8. The normalized spacial score (nSPS) is 15.3. The predicted octanol–water partition coefficient (Wildman–Crippen LogP) is 5.54. The van der Waals surface area contributed by atoms with E-state index in [0.717, 1.165) is 23.1 Å². The summed E-state index contributed by atoms with van der Waals surface area (Å²) in [5.74, 6) is -3.08. The number of hydrogen-bond donors (Lipinski definition) is 2. The average Bonchev–Trinajstić information content (AvgIpc) is 2.99. The summed E-state index contributed by atoms with van der Waals surface area (Å²) >= 11 is 0. The van der Waals surface area contributed by atoms with Crippen molar-refractivity contribution >= 4 is 51.4 Å². The van der Waals surface area contributed by atoms with E-state index in [1.165, 1.54) is 44.2 Å². The van der Waals surface area contributed by atoms with Gasteiger partial charge in [-0.2, -0.15) is 13.2 Å². The molecule has 0 aromatic heterocycles. The number of halogens is 6. The lowest BCUT2D eigenvalue weighted by Crippen LogP contribution is -2.43. The third-order valence-corrected chi connectivity index (χ3v) is 7.09. The second-order valence-electron chi connectivity index (χ2n) is 9.23. The highest BCUT2D eigenvalue weighted by Gasteiger charge is 2.52. The lowest BCUT2D eigenvalue weighted by Gasteiger charge is -2.28. The summed E-state index contributed by atoms with van der Waals surface area (Å²) in [6.07, 6.45) is -5.06. The largest absolute Gasteiger partial charge is 0.419 e. The fourth-order valence-electron chi connectivity index (χ4n) is 4.08. The van der Waals surface area contributed by atoms with Crippen LogP contribution in [0.4, 0.5) is 43.8 Å². The van der Waals surface area contributed by atoms with Crippen LogP contribution in [-0.4, -0.2) is 30.8 Å². The fraction of sp³-hybridized carbons (Fsp3) is 0.200. The van der Waals surface area contributed by atoms with Crippen LogP contribution in [-0.2, 0) is 27.5 Å². The van der Waals surface area contributed by atoms with E-state index in [2.05, 4.69) is 5.32 Å². The van der Waals surface area contributed by atoms with E-state index in [1.54, 1.807) is 0 Å². The summed E-state index contributed by atoms with van der Waals surface area (Å²) in [5, 5.41) is 8.03. The van der Waals surface area contributed by atoms with Crippen LogP contribution >= 0.6 is 12.4 Å². The summed E-state index contributed by atoms with van der Waals surface area (Å²) < 4.78 is 91.1. The Morgan fingerprint density at radius 3 is 2.27 bits per heavy atom. The van der Waals surface area contributed by atoms with E-state index in [9.17, 15) is 40.0 Å². The fourth-order valence-corrected chi connectivity index (χ4v) is 4.64. The van der Waals surface area contributed by atoms with Gasteiger partial charge in [0, 0.05) is 11.4 Å². The van der Waals surface area contributed by atoms with Crippen LogP contribution in [0.5, 0.6) is 0 Å². The number of rotatable bonds is 6. The Kier molecular flexibility index (Phi) is 8.21. The van der Waals surface area contributed by atoms with Crippen molar-refractivity contribution in [2.75, 3.05) is 10.2 Å². The molecule has 40 heavy (non-hydrogen) atoms. The van der Waals surface area contributed by atoms with Gasteiger partial charge in [-0.1, -0.05) is 12.1 Å². The number of primary sulfonamides is 1. The Labute approximate surface area is 232 Å². The van der Waals surface area contributed by atoms with Gasteiger partial charge in [-0.15, -0.1) is 12.4 Å². The summed E-state index contributed by atoms with van der Waals surface area (Å²) in [7, 11) is -4.03. The molecule has 3 amide bonds. The zero-order chi connectivity index (χ0) is 28.9. The number of sulfonamides is 1. The summed E-state index contributed by atoms with van der Waals surface area (Å²) in [5.41, 5.74) is -3.01. The third kappa shape index (κ3) is 5.88. The van der Waals surface area contributed by atoms with E-state index in [4.69, 9.17) is 5.14 Å². The summed E-state index contributed by atoms with van der Waals surface area (Å²) in [6, 6.07) is 9.71. The number of carbonyl (C=O) groups excluding carboxylic acids is 2. The first-order valence-electron chi connectivity index (χ1n) is 11.2. The van der Waals surface area contributed by atoms with Crippen LogP contribution in [0.3, 0.4) is 0 Å². The molecule has 1 heterocycles. The molecule has 1 aliphatic rings. The Balaban J connectivity index is 0.00000441. The van der Waals surface area contributed by atoms with Crippen LogP contribution in [0.1, 0.15) is 25.0 Å². The number of nitrogens with two attached hydrogens (primary N) is 1. The minimum atomic E-state index is -5.06. The Morgan fingerprint density at radius 2 is 1.65 bits per heavy atom. The van der Waals surface area contributed by atoms with Gasteiger partial charge in [-0.3, -0.25) is 4.79 Å². The number of nitrogens with zero attached hydrogens (tertiary/aromatic N) is 2. The highest BCUT2D eigenvalue weighted by atomic mass is 35.5. The smallest absolute Gasteiger partial charge is 0.355 e. The maximum atomic E-state index is 14.2. The molecule has 1 aliphatic heterocycles. The summed E-state index contributed by atoms with van der Waals surface area (Å²) in [4.78, 5) is 27.9. The van der Waals surface area contributed by atoms with Gasteiger partial charge < -0.3 is 10.2 Å². The topological polar surface area (TPSA) is 113 Å². The van der Waals surface area contributed by atoms with Crippen molar-refractivity contribution in [1.29, 1.82) is 0 Å². The molecule has 8 nitrogen and oxygen atoms in total. The molecule has 4 rings (SSSR count). The number of carbonyl (C=O) groups is 2. The molecule has 0 bridgehead atoms. The SMILES string of the molecule is CC1(C)C(=O)N(c2ccc(F)c(C(F)(F)F)c2)C(=O)N1Cc1ccc(F)cc1Nc1cccc(S(N)(=O)=O)c1.Cl. The maximum Gasteiger partial charge on any atom is 0.419 e.